The zero-order chi connectivity index (χ0) is 10.3. The molecule has 0 aliphatic carbocycles. The molecule has 0 radical (unpaired) electrons. The van der Waals surface area contributed by atoms with E-state index in [2.05, 4.69) is 32.6 Å². The molecule has 0 aliphatic rings. The summed E-state index contributed by atoms with van der Waals surface area (Å²) in [7, 11) is 0. The number of nitrogens with zero attached hydrogens (tertiary/aromatic N) is 1. The van der Waals surface area contributed by atoms with E-state index in [1.165, 1.54) is 6.42 Å². The maximum Gasteiger partial charge on any atom is 0.0238 e. The van der Waals surface area contributed by atoms with Gasteiger partial charge in [-0.05, 0) is 31.8 Å². The van der Waals surface area contributed by atoms with Crippen LogP contribution in [0.4, 0.5) is 0 Å². The summed E-state index contributed by atoms with van der Waals surface area (Å²) in [6.07, 6.45) is 2.40. The molecule has 0 N–H and O–H groups in total. The van der Waals surface area contributed by atoms with Crippen LogP contribution in [0.2, 0.25) is 0 Å². The summed E-state index contributed by atoms with van der Waals surface area (Å²) in [5.41, 5.74) is 0. The summed E-state index contributed by atoms with van der Waals surface area (Å²) in [4.78, 5) is 2.52. The summed E-state index contributed by atoms with van der Waals surface area (Å²) < 4.78 is 0. The van der Waals surface area contributed by atoms with Gasteiger partial charge in [0.1, 0.15) is 0 Å². The Morgan fingerprint density at radius 3 is 2.00 bits per heavy atom. The lowest BCUT2D eigenvalue weighted by atomic mass is 10.0. The first-order valence-electron chi connectivity index (χ1n) is 5.45. The molecule has 0 aliphatic heterocycles. The fourth-order valence-electron chi connectivity index (χ4n) is 1.86. The van der Waals surface area contributed by atoms with Crippen LogP contribution in [0.5, 0.6) is 0 Å². The van der Waals surface area contributed by atoms with E-state index in [-0.39, 0.29) is 0 Å². The fraction of sp³-hybridized carbons (Fsp3) is 1.00. The highest BCUT2D eigenvalue weighted by Crippen LogP contribution is 2.15. The highest BCUT2D eigenvalue weighted by Gasteiger charge is 2.15. The second kappa shape index (κ2) is 7.64. The van der Waals surface area contributed by atoms with E-state index < -0.39 is 0 Å². The van der Waals surface area contributed by atoms with Gasteiger partial charge in [-0.2, -0.15) is 0 Å². The maximum absolute atomic E-state index is 5.81. The van der Waals surface area contributed by atoms with Gasteiger partial charge in [0.2, 0.25) is 0 Å². The predicted molar refractivity (Wildman–Crippen MR) is 61.5 cm³/mol. The maximum atomic E-state index is 5.81. The van der Waals surface area contributed by atoms with Crippen LogP contribution in [-0.4, -0.2) is 29.9 Å². The molecule has 0 spiro atoms. The first-order chi connectivity index (χ1) is 6.15. The van der Waals surface area contributed by atoms with Gasteiger partial charge in [0.05, 0.1) is 0 Å². The van der Waals surface area contributed by atoms with Crippen LogP contribution in [0.15, 0.2) is 0 Å². The van der Waals surface area contributed by atoms with Crippen LogP contribution in [0.25, 0.3) is 0 Å². The molecule has 0 aromatic rings. The van der Waals surface area contributed by atoms with Crippen LogP contribution in [0, 0.1) is 5.92 Å². The molecule has 0 saturated carbocycles. The van der Waals surface area contributed by atoms with Gasteiger partial charge in [-0.1, -0.05) is 27.7 Å². The minimum Gasteiger partial charge on any atom is -0.301 e. The Morgan fingerprint density at radius 2 is 1.69 bits per heavy atom. The minimum absolute atomic E-state index is 0.687. The van der Waals surface area contributed by atoms with Crippen molar-refractivity contribution in [2.45, 2.75) is 46.6 Å². The van der Waals surface area contributed by atoms with Crippen LogP contribution in [0.1, 0.15) is 40.5 Å². The van der Waals surface area contributed by atoms with Crippen molar-refractivity contribution in [3.05, 3.63) is 0 Å². The first-order valence-corrected chi connectivity index (χ1v) is 5.99. The van der Waals surface area contributed by atoms with E-state index in [4.69, 9.17) is 11.6 Å². The van der Waals surface area contributed by atoms with Crippen molar-refractivity contribution in [2.75, 3.05) is 19.0 Å². The Kier molecular flexibility index (Phi) is 7.78. The zero-order valence-corrected chi connectivity index (χ0v) is 10.3. The van der Waals surface area contributed by atoms with Gasteiger partial charge in [-0.3, -0.25) is 0 Å². The molecule has 1 unspecified atom stereocenters. The summed E-state index contributed by atoms with van der Waals surface area (Å²) in [5.74, 6) is 1.56. The zero-order valence-electron chi connectivity index (χ0n) is 9.52. The second-order valence-electron chi connectivity index (χ2n) is 3.98. The van der Waals surface area contributed by atoms with E-state index in [0.29, 0.717) is 6.04 Å². The Morgan fingerprint density at radius 1 is 1.15 bits per heavy atom. The third kappa shape index (κ3) is 5.53. The van der Waals surface area contributed by atoms with Crippen molar-refractivity contribution in [2.24, 2.45) is 5.92 Å². The van der Waals surface area contributed by atoms with Crippen molar-refractivity contribution in [1.29, 1.82) is 0 Å². The smallest absolute Gasteiger partial charge is 0.0238 e. The molecular formula is C11H24ClN. The molecule has 1 nitrogen and oxygen atoms in total. The Balaban J connectivity index is 4.03. The van der Waals surface area contributed by atoms with E-state index in [9.17, 15) is 0 Å². The van der Waals surface area contributed by atoms with Gasteiger partial charge in [0.15, 0.2) is 0 Å². The third-order valence-electron chi connectivity index (χ3n) is 2.51. The molecule has 1 atom stereocenters. The van der Waals surface area contributed by atoms with Gasteiger partial charge in [0.25, 0.3) is 0 Å². The summed E-state index contributed by atoms with van der Waals surface area (Å²) in [5, 5.41) is 0. The number of hydrogen-bond donors (Lipinski definition) is 0. The van der Waals surface area contributed by atoms with Crippen LogP contribution in [-0.2, 0) is 0 Å². The summed E-state index contributed by atoms with van der Waals surface area (Å²) >= 11 is 5.81. The number of alkyl halides is 1. The minimum atomic E-state index is 0.687. The average molecular weight is 206 g/mol. The van der Waals surface area contributed by atoms with Gasteiger partial charge in [0, 0.05) is 11.9 Å². The Hall–Kier alpha value is 0.250. The molecule has 0 amide bonds. The van der Waals surface area contributed by atoms with Gasteiger partial charge in [-0.15, -0.1) is 11.6 Å². The van der Waals surface area contributed by atoms with Crippen LogP contribution < -0.4 is 0 Å². The molecule has 0 rings (SSSR count). The largest absolute Gasteiger partial charge is 0.301 e. The van der Waals surface area contributed by atoms with Crippen molar-refractivity contribution in [1.82, 2.24) is 4.90 Å². The lowest BCUT2D eigenvalue weighted by molar-refractivity contribution is 0.186. The van der Waals surface area contributed by atoms with E-state index in [1.54, 1.807) is 0 Å². The van der Waals surface area contributed by atoms with E-state index >= 15 is 0 Å². The fourth-order valence-corrected chi connectivity index (χ4v) is 2.11. The summed E-state index contributed by atoms with van der Waals surface area (Å²) in [6, 6.07) is 0.687. The number of hydrogen-bond acceptors (Lipinski definition) is 1. The van der Waals surface area contributed by atoms with Gasteiger partial charge in [-0.25, -0.2) is 0 Å². The topological polar surface area (TPSA) is 3.24 Å². The molecule has 0 aromatic heterocycles. The molecule has 0 saturated heterocycles. The normalized spacial score (nSPS) is 14.1. The molecule has 0 bridgehead atoms. The molecule has 80 valence electrons. The molecule has 0 heterocycles. The third-order valence-corrected chi connectivity index (χ3v) is 2.73. The molecule has 2 heteroatoms. The number of rotatable bonds is 7. The predicted octanol–water partition coefficient (Wildman–Crippen LogP) is 3.37. The SMILES string of the molecule is CCN(CC)C(CCCl)CC(C)C. The monoisotopic (exact) mass is 205 g/mol. The lowest BCUT2D eigenvalue weighted by Gasteiger charge is -2.30. The first kappa shape index (κ1) is 13.2. The lowest BCUT2D eigenvalue weighted by Crippen LogP contribution is -2.36. The number of halogens is 1. The van der Waals surface area contributed by atoms with Crippen molar-refractivity contribution in [3.8, 4) is 0 Å². The Bertz CT molecular complexity index is 111. The van der Waals surface area contributed by atoms with Gasteiger partial charge >= 0.3 is 0 Å². The highest BCUT2D eigenvalue weighted by atomic mass is 35.5. The molecule has 13 heavy (non-hydrogen) atoms. The molecular weight excluding hydrogens is 182 g/mol. The quantitative estimate of drug-likeness (QED) is 0.577. The Labute approximate surface area is 88.5 Å². The standard InChI is InChI=1S/C11H24ClN/c1-5-13(6-2)11(7-8-12)9-10(3)4/h10-11H,5-9H2,1-4H3. The van der Waals surface area contributed by atoms with Gasteiger partial charge < -0.3 is 4.90 Å². The van der Waals surface area contributed by atoms with Crippen LogP contribution in [0.3, 0.4) is 0 Å². The molecule has 0 fully saturated rings. The summed E-state index contributed by atoms with van der Waals surface area (Å²) in [6.45, 7) is 11.3. The van der Waals surface area contributed by atoms with Crippen LogP contribution >= 0.6 is 11.6 Å². The van der Waals surface area contributed by atoms with Crippen molar-refractivity contribution in [3.63, 3.8) is 0 Å². The highest BCUT2D eigenvalue weighted by molar-refractivity contribution is 6.17. The van der Waals surface area contributed by atoms with E-state index in [0.717, 1.165) is 31.3 Å². The van der Waals surface area contributed by atoms with Crippen molar-refractivity contribution < 1.29 is 0 Å². The second-order valence-corrected chi connectivity index (χ2v) is 4.36. The molecule has 0 aromatic carbocycles. The van der Waals surface area contributed by atoms with E-state index in [1.807, 2.05) is 0 Å². The van der Waals surface area contributed by atoms with Crippen molar-refractivity contribution >= 4 is 11.6 Å². The average Bonchev–Trinajstić information content (AvgIpc) is 2.05.